The Morgan fingerprint density at radius 2 is 1.85 bits per heavy atom. The third kappa shape index (κ3) is 2.77. The van der Waals surface area contributed by atoms with E-state index >= 15 is 0 Å². The molecule has 0 aliphatic carbocycles. The second-order valence-corrected chi connectivity index (χ2v) is 7.18. The molecular weight excluding hydrogens is 282 g/mol. The van der Waals surface area contributed by atoms with Gasteiger partial charge in [-0.3, -0.25) is 4.79 Å². The van der Waals surface area contributed by atoms with Gasteiger partial charge in [0.25, 0.3) is 0 Å². The number of hydrogen-bond acceptors (Lipinski definition) is 5. The van der Waals surface area contributed by atoms with Crippen molar-refractivity contribution in [3.63, 3.8) is 0 Å². The van der Waals surface area contributed by atoms with E-state index in [1.807, 2.05) is 0 Å². The van der Waals surface area contributed by atoms with Gasteiger partial charge in [-0.15, -0.1) is 0 Å². The number of ether oxygens (including phenoxy) is 1. The van der Waals surface area contributed by atoms with Crippen molar-refractivity contribution in [2.45, 2.75) is 32.9 Å². The average Bonchev–Trinajstić information content (AvgIpc) is 2.71. The fourth-order valence-electron chi connectivity index (χ4n) is 2.02. The fourth-order valence-corrected chi connectivity index (χ4v) is 2.97. The van der Waals surface area contributed by atoms with Crippen LogP contribution in [0, 0.1) is 13.8 Å². The Morgan fingerprint density at radius 3 is 2.30 bits per heavy atom. The molecule has 0 fully saturated rings. The van der Waals surface area contributed by atoms with E-state index in [2.05, 4.69) is 9.72 Å². The summed E-state index contributed by atoms with van der Waals surface area (Å²) in [5.41, 5.74) is 1.32. The maximum absolute atomic E-state index is 12.3. The molecule has 0 radical (unpaired) electrons. The highest BCUT2D eigenvalue weighted by molar-refractivity contribution is 7.92. The van der Waals surface area contributed by atoms with Crippen molar-refractivity contribution in [1.82, 2.24) is 4.98 Å². The van der Waals surface area contributed by atoms with Gasteiger partial charge >= 0.3 is 5.97 Å². The number of carbonyl (C=O) groups excluding carboxylic acids is 2. The zero-order valence-corrected chi connectivity index (χ0v) is 13.1. The summed E-state index contributed by atoms with van der Waals surface area (Å²) in [4.78, 5) is 26.7. The summed E-state index contributed by atoms with van der Waals surface area (Å²) in [5, 5.41) is -1.14. The highest BCUT2D eigenvalue weighted by Crippen LogP contribution is 2.21. The summed E-state index contributed by atoms with van der Waals surface area (Å²) in [6, 6.07) is 0. The van der Waals surface area contributed by atoms with Crippen LogP contribution in [0.25, 0.3) is 0 Å². The Balaban J connectivity index is 3.30. The molecule has 1 N–H and O–H groups in total. The van der Waals surface area contributed by atoms with Crippen LogP contribution in [-0.4, -0.2) is 43.3 Å². The van der Waals surface area contributed by atoms with Crippen LogP contribution < -0.4 is 0 Å². The summed E-state index contributed by atoms with van der Waals surface area (Å²) in [6.45, 7) is 6.07. The number of carbonyl (C=O) groups is 2. The number of methoxy groups -OCH3 is 1. The SMILES string of the molecule is CCS(=O)(=O)C(C)C(=O)c1[nH]c(C)c(C(=O)OC)c1C. The molecular formula is C13H19NO5S. The van der Waals surface area contributed by atoms with Crippen LogP contribution in [0.5, 0.6) is 0 Å². The number of nitrogens with one attached hydrogen (secondary N) is 1. The first kappa shape index (κ1) is 16.4. The van der Waals surface area contributed by atoms with Crippen LogP contribution in [0.1, 0.15) is 46.0 Å². The van der Waals surface area contributed by atoms with E-state index in [1.165, 1.54) is 21.0 Å². The molecule has 0 amide bonds. The van der Waals surface area contributed by atoms with Gasteiger partial charge < -0.3 is 9.72 Å². The highest BCUT2D eigenvalue weighted by Gasteiger charge is 2.31. The van der Waals surface area contributed by atoms with Crippen LogP contribution in [0.3, 0.4) is 0 Å². The third-order valence-electron chi connectivity index (χ3n) is 3.38. The first-order chi connectivity index (χ1) is 9.17. The van der Waals surface area contributed by atoms with Gasteiger partial charge in [0.1, 0.15) is 5.25 Å². The molecule has 6 nitrogen and oxygen atoms in total. The molecule has 1 heterocycles. The minimum atomic E-state index is -3.48. The van der Waals surface area contributed by atoms with E-state index < -0.39 is 26.8 Å². The third-order valence-corrected chi connectivity index (χ3v) is 5.48. The van der Waals surface area contributed by atoms with Gasteiger partial charge in [-0.05, 0) is 26.3 Å². The number of ketones is 1. The monoisotopic (exact) mass is 301 g/mol. The van der Waals surface area contributed by atoms with Crippen molar-refractivity contribution < 1.29 is 22.7 Å². The molecule has 7 heteroatoms. The smallest absolute Gasteiger partial charge is 0.339 e. The minimum Gasteiger partial charge on any atom is -0.465 e. The molecule has 0 spiro atoms. The zero-order valence-electron chi connectivity index (χ0n) is 12.2. The van der Waals surface area contributed by atoms with E-state index in [0.29, 0.717) is 11.3 Å². The van der Waals surface area contributed by atoms with Crippen molar-refractivity contribution in [3.05, 3.63) is 22.5 Å². The van der Waals surface area contributed by atoms with Gasteiger partial charge in [0, 0.05) is 11.4 Å². The number of aromatic amines is 1. The van der Waals surface area contributed by atoms with E-state index in [4.69, 9.17) is 0 Å². The predicted octanol–water partition coefficient (Wildman–Crippen LogP) is 1.42. The van der Waals surface area contributed by atoms with Crippen molar-refractivity contribution in [3.8, 4) is 0 Å². The number of aryl methyl sites for hydroxylation is 1. The van der Waals surface area contributed by atoms with Crippen LogP contribution in [0.15, 0.2) is 0 Å². The highest BCUT2D eigenvalue weighted by atomic mass is 32.2. The van der Waals surface area contributed by atoms with Crippen LogP contribution in [-0.2, 0) is 14.6 Å². The Morgan fingerprint density at radius 1 is 1.30 bits per heavy atom. The molecule has 0 bridgehead atoms. The normalized spacial score (nSPS) is 13.1. The van der Waals surface area contributed by atoms with Crippen molar-refractivity contribution in [2.75, 3.05) is 12.9 Å². The van der Waals surface area contributed by atoms with Crippen molar-refractivity contribution in [2.24, 2.45) is 0 Å². The molecule has 0 saturated carbocycles. The number of rotatable bonds is 5. The molecule has 0 saturated heterocycles. The lowest BCUT2D eigenvalue weighted by molar-refractivity contribution is 0.0599. The largest absolute Gasteiger partial charge is 0.465 e. The molecule has 0 aromatic carbocycles. The second-order valence-electron chi connectivity index (χ2n) is 4.57. The Hall–Kier alpha value is -1.63. The molecule has 20 heavy (non-hydrogen) atoms. The number of hydrogen-bond donors (Lipinski definition) is 1. The molecule has 1 rings (SSSR count). The summed E-state index contributed by atoms with van der Waals surface area (Å²) < 4.78 is 28.2. The van der Waals surface area contributed by atoms with Gasteiger partial charge in [-0.1, -0.05) is 6.92 Å². The molecule has 0 aliphatic rings. The number of H-pyrrole nitrogens is 1. The lowest BCUT2D eigenvalue weighted by Crippen LogP contribution is -2.29. The summed E-state index contributed by atoms with van der Waals surface area (Å²) in [5.74, 6) is -1.20. The standard InChI is InChI=1S/C13H19NO5S/c1-6-20(17,18)9(4)12(15)11-7(2)10(8(3)14-11)13(16)19-5/h9,14H,6H2,1-5H3. The number of Topliss-reactive ketones (excluding diaryl/α,β-unsaturated/α-hetero) is 1. The second kappa shape index (κ2) is 5.78. The predicted molar refractivity (Wildman–Crippen MR) is 74.9 cm³/mol. The fraction of sp³-hybridized carbons (Fsp3) is 0.538. The lowest BCUT2D eigenvalue weighted by Gasteiger charge is -2.10. The summed E-state index contributed by atoms with van der Waals surface area (Å²) in [6.07, 6.45) is 0. The molecule has 1 unspecified atom stereocenters. The molecule has 1 aromatic heterocycles. The van der Waals surface area contributed by atoms with Gasteiger partial charge in [-0.2, -0.15) is 0 Å². The maximum atomic E-state index is 12.3. The Bertz CT molecular complexity index is 642. The van der Waals surface area contributed by atoms with Crippen LogP contribution in [0.4, 0.5) is 0 Å². The van der Waals surface area contributed by atoms with Crippen LogP contribution >= 0.6 is 0 Å². The minimum absolute atomic E-state index is 0.109. The lowest BCUT2D eigenvalue weighted by atomic mass is 10.1. The first-order valence-corrected chi connectivity index (χ1v) is 7.92. The summed E-state index contributed by atoms with van der Waals surface area (Å²) >= 11 is 0. The van der Waals surface area contributed by atoms with Crippen molar-refractivity contribution >= 4 is 21.6 Å². The van der Waals surface area contributed by atoms with Gasteiger partial charge in [0.05, 0.1) is 18.4 Å². The topological polar surface area (TPSA) is 93.3 Å². The van der Waals surface area contributed by atoms with Crippen molar-refractivity contribution in [1.29, 1.82) is 0 Å². The Kier molecular flexibility index (Phi) is 4.75. The molecule has 1 aromatic rings. The molecule has 0 aliphatic heterocycles. The van der Waals surface area contributed by atoms with E-state index in [9.17, 15) is 18.0 Å². The zero-order chi connectivity index (χ0) is 15.7. The number of aromatic nitrogens is 1. The van der Waals surface area contributed by atoms with Gasteiger partial charge in [0.15, 0.2) is 15.6 Å². The Labute approximate surface area is 118 Å². The molecule has 112 valence electrons. The maximum Gasteiger partial charge on any atom is 0.339 e. The van der Waals surface area contributed by atoms with Gasteiger partial charge in [-0.25, -0.2) is 13.2 Å². The quantitative estimate of drug-likeness (QED) is 0.656. The van der Waals surface area contributed by atoms with Gasteiger partial charge in [0.2, 0.25) is 0 Å². The van der Waals surface area contributed by atoms with E-state index in [0.717, 1.165) is 0 Å². The van der Waals surface area contributed by atoms with E-state index in [-0.39, 0.29) is 17.0 Å². The van der Waals surface area contributed by atoms with Crippen LogP contribution in [0.2, 0.25) is 0 Å². The average molecular weight is 301 g/mol. The summed E-state index contributed by atoms with van der Waals surface area (Å²) in [7, 11) is -2.23. The first-order valence-electron chi connectivity index (χ1n) is 6.20. The number of esters is 1. The number of sulfone groups is 1. The van der Waals surface area contributed by atoms with E-state index in [1.54, 1.807) is 13.8 Å². The molecule has 1 atom stereocenters.